The molecule has 4 rings (SSSR count). The molecule has 0 amide bonds. The van der Waals surface area contributed by atoms with Crippen molar-refractivity contribution in [2.75, 3.05) is 17.7 Å². The van der Waals surface area contributed by atoms with Crippen LogP contribution < -0.4 is 15.4 Å². The molecule has 1 aliphatic carbocycles. The molecule has 0 atom stereocenters. The summed E-state index contributed by atoms with van der Waals surface area (Å²) in [6.45, 7) is 6.52. The van der Waals surface area contributed by atoms with Gasteiger partial charge in [-0.1, -0.05) is 20.8 Å². The van der Waals surface area contributed by atoms with Crippen LogP contribution in [0.4, 0.5) is 17.5 Å². The van der Waals surface area contributed by atoms with E-state index in [1.165, 1.54) is 24.8 Å². The minimum atomic E-state index is 0.409. The van der Waals surface area contributed by atoms with E-state index in [-0.39, 0.29) is 0 Å². The highest BCUT2D eigenvalue weighted by atomic mass is 16.5. The molecule has 1 aliphatic rings. The number of methoxy groups -OCH3 is 1. The molecule has 0 spiro atoms. The number of hydrogen-bond donors (Lipinski definition) is 3. The molecule has 3 aromatic rings. The number of rotatable bonds is 7. The average Bonchev–Trinajstić information content (AvgIpc) is 3.09. The molecule has 28 heavy (non-hydrogen) atoms. The van der Waals surface area contributed by atoms with Crippen LogP contribution in [0.1, 0.15) is 57.1 Å². The summed E-state index contributed by atoms with van der Waals surface area (Å²) in [5.41, 5.74) is 4.24. The lowest BCUT2D eigenvalue weighted by molar-refractivity contribution is 0.410. The molecular weight excluding hydrogens is 350 g/mol. The lowest BCUT2D eigenvalue weighted by Crippen LogP contribution is -2.27. The smallest absolute Gasteiger partial charge is 0.231 e. The highest BCUT2D eigenvalue weighted by Crippen LogP contribution is 2.33. The van der Waals surface area contributed by atoms with Gasteiger partial charge >= 0.3 is 0 Å². The number of aromatic amines is 1. The SMILES string of the molecule is CCc1cc(Nc2nc(NC3CCC3)c3c(C(C)C)c[nH]c3n2)ccc1OC. The normalized spacial score (nSPS) is 14.3. The van der Waals surface area contributed by atoms with Gasteiger partial charge in [-0.3, -0.25) is 0 Å². The minimum absolute atomic E-state index is 0.409. The van der Waals surface area contributed by atoms with Gasteiger partial charge in [0.2, 0.25) is 5.95 Å². The van der Waals surface area contributed by atoms with Crippen molar-refractivity contribution in [2.24, 2.45) is 0 Å². The fourth-order valence-electron chi connectivity index (χ4n) is 3.68. The first-order chi connectivity index (χ1) is 13.6. The van der Waals surface area contributed by atoms with Crippen LogP contribution in [-0.2, 0) is 6.42 Å². The maximum absolute atomic E-state index is 5.43. The maximum Gasteiger partial charge on any atom is 0.231 e. The van der Waals surface area contributed by atoms with Gasteiger partial charge in [0.15, 0.2) is 0 Å². The number of nitrogens with one attached hydrogen (secondary N) is 3. The van der Waals surface area contributed by atoms with Gasteiger partial charge in [0.25, 0.3) is 0 Å². The topological polar surface area (TPSA) is 74.9 Å². The second-order valence-corrected chi connectivity index (χ2v) is 7.80. The Hall–Kier alpha value is -2.76. The lowest BCUT2D eigenvalue weighted by Gasteiger charge is -2.27. The van der Waals surface area contributed by atoms with E-state index < -0.39 is 0 Å². The van der Waals surface area contributed by atoms with Gasteiger partial charge in [0.1, 0.15) is 17.2 Å². The molecule has 0 bridgehead atoms. The molecule has 6 nitrogen and oxygen atoms in total. The number of H-pyrrole nitrogens is 1. The van der Waals surface area contributed by atoms with Crippen molar-refractivity contribution in [3.8, 4) is 5.75 Å². The van der Waals surface area contributed by atoms with Crippen LogP contribution in [0.25, 0.3) is 11.0 Å². The van der Waals surface area contributed by atoms with E-state index in [2.05, 4.69) is 48.7 Å². The Morgan fingerprint density at radius 1 is 1.25 bits per heavy atom. The summed E-state index contributed by atoms with van der Waals surface area (Å²) in [6, 6.07) is 6.59. The number of hydrogen-bond acceptors (Lipinski definition) is 5. The van der Waals surface area contributed by atoms with E-state index in [0.29, 0.717) is 17.9 Å². The molecule has 2 aromatic heterocycles. The zero-order chi connectivity index (χ0) is 19.7. The second-order valence-electron chi connectivity index (χ2n) is 7.80. The quantitative estimate of drug-likeness (QED) is 0.515. The summed E-state index contributed by atoms with van der Waals surface area (Å²) >= 11 is 0. The number of fused-ring (bicyclic) bond motifs is 1. The summed E-state index contributed by atoms with van der Waals surface area (Å²) in [5, 5.41) is 8.12. The van der Waals surface area contributed by atoms with E-state index in [0.717, 1.165) is 40.3 Å². The van der Waals surface area contributed by atoms with Crippen LogP contribution in [0.15, 0.2) is 24.4 Å². The van der Waals surface area contributed by atoms with Gasteiger partial charge in [0.05, 0.1) is 12.5 Å². The van der Waals surface area contributed by atoms with E-state index in [1.54, 1.807) is 7.11 Å². The third kappa shape index (κ3) is 3.51. The van der Waals surface area contributed by atoms with Gasteiger partial charge in [-0.15, -0.1) is 0 Å². The van der Waals surface area contributed by atoms with E-state index >= 15 is 0 Å². The summed E-state index contributed by atoms with van der Waals surface area (Å²) in [4.78, 5) is 12.9. The van der Waals surface area contributed by atoms with Crippen molar-refractivity contribution < 1.29 is 4.74 Å². The molecule has 2 heterocycles. The Kier molecular flexibility index (Phi) is 5.11. The molecule has 0 saturated heterocycles. The Morgan fingerprint density at radius 2 is 2.07 bits per heavy atom. The molecule has 1 saturated carbocycles. The van der Waals surface area contributed by atoms with Crippen LogP contribution in [0.5, 0.6) is 5.75 Å². The van der Waals surface area contributed by atoms with Gasteiger partial charge in [-0.25, -0.2) is 0 Å². The minimum Gasteiger partial charge on any atom is -0.496 e. The zero-order valence-electron chi connectivity index (χ0n) is 17.1. The first kappa shape index (κ1) is 18.6. The standard InChI is InChI=1S/C22H29N5O/c1-5-14-11-16(9-10-18(14)28-4)25-22-26-20-19(17(12-23-20)13(2)3)21(27-22)24-15-7-6-8-15/h9-13,15H,5-8H2,1-4H3,(H3,23,24,25,26,27). The number of ether oxygens (including phenoxy) is 1. The average molecular weight is 380 g/mol. The Morgan fingerprint density at radius 3 is 2.71 bits per heavy atom. The molecule has 0 radical (unpaired) electrons. The highest BCUT2D eigenvalue weighted by Gasteiger charge is 2.22. The van der Waals surface area contributed by atoms with E-state index in [9.17, 15) is 0 Å². The first-order valence-corrected chi connectivity index (χ1v) is 10.2. The van der Waals surface area contributed by atoms with Crippen LogP contribution in [0, 0.1) is 0 Å². The van der Waals surface area contributed by atoms with Crippen molar-refractivity contribution in [1.29, 1.82) is 0 Å². The molecule has 0 aliphatic heterocycles. The van der Waals surface area contributed by atoms with Crippen molar-refractivity contribution in [2.45, 2.75) is 58.4 Å². The predicted molar refractivity (Wildman–Crippen MR) is 115 cm³/mol. The van der Waals surface area contributed by atoms with Crippen LogP contribution in [-0.4, -0.2) is 28.1 Å². The summed E-state index contributed by atoms with van der Waals surface area (Å²) in [7, 11) is 1.70. The molecule has 1 fully saturated rings. The second kappa shape index (κ2) is 7.70. The van der Waals surface area contributed by atoms with Gasteiger partial charge in [-0.05, 0) is 60.9 Å². The third-order valence-electron chi connectivity index (χ3n) is 5.55. The molecule has 148 valence electrons. The zero-order valence-corrected chi connectivity index (χ0v) is 17.1. The van der Waals surface area contributed by atoms with Crippen molar-refractivity contribution in [1.82, 2.24) is 15.0 Å². The summed E-state index contributed by atoms with van der Waals surface area (Å²) in [5.74, 6) is 2.83. The van der Waals surface area contributed by atoms with Gasteiger partial charge in [0, 0.05) is 17.9 Å². The van der Waals surface area contributed by atoms with Crippen LogP contribution in [0.2, 0.25) is 0 Å². The largest absolute Gasteiger partial charge is 0.496 e. The predicted octanol–water partition coefficient (Wildman–Crippen LogP) is 5.36. The van der Waals surface area contributed by atoms with E-state index in [4.69, 9.17) is 14.7 Å². The van der Waals surface area contributed by atoms with Crippen LogP contribution in [0.3, 0.4) is 0 Å². The number of aromatic nitrogens is 3. The van der Waals surface area contributed by atoms with Crippen molar-refractivity contribution >= 4 is 28.5 Å². The Bertz CT molecular complexity index is 974. The molecule has 1 aromatic carbocycles. The fraction of sp³-hybridized carbons (Fsp3) is 0.455. The summed E-state index contributed by atoms with van der Waals surface area (Å²) < 4.78 is 5.43. The number of anilines is 3. The highest BCUT2D eigenvalue weighted by molar-refractivity contribution is 5.92. The number of aryl methyl sites for hydroxylation is 1. The number of nitrogens with zero attached hydrogens (tertiary/aromatic N) is 2. The molecule has 3 N–H and O–H groups in total. The summed E-state index contributed by atoms with van der Waals surface area (Å²) in [6.07, 6.45) is 6.65. The fourth-order valence-corrected chi connectivity index (χ4v) is 3.68. The molecule has 0 unspecified atom stereocenters. The number of benzene rings is 1. The van der Waals surface area contributed by atoms with Crippen molar-refractivity contribution in [3.05, 3.63) is 35.5 Å². The lowest BCUT2D eigenvalue weighted by atomic mass is 9.93. The molecular formula is C22H29N5O. The van der Waals surface area contributed by atoms with Gasteiger partial charge < -0.3 is 20.4 Å². The van der Waals surface area contributed by atoms with Crippen molar-refractivity contribution in [3.63, 3.8) is 0 Å². The van der Waals surface area contributed by atoms with E-state index in [1.807, 2.05) is 12.1 Å². The van der Waals surface area contributed by atoms with Crippen LogP contribution >= 0.6 is 0 Å². The third-order valence-corrected chi connectivity index (χ3v) is 5.55. The Labute approximate surface area is 166 Å². The Balaban J connectivity index is 1.71. The monoisotopic (exact) mass is 379 g/mol. The first-order valence-electron chi connectivity index (χ1n) is 10.2. The molecule has 6 heteroatoms. The van der Waals surface area contributed by atoms with Gasteiger partial charge in [-0.2, -0.15) is 9.97 Å². The maximum atomic E-state index is 5.43.